The van der Waals surface area contributed by atoms with Crippen molar-refractivity contribution < 1.29 is 18.8 Å². The molecule has 7 nitrogen and oxygen atoms in total. The van der Waals surface area contributed by atoms with Crippen LogP contribution in [0.3, 0.4) is 0 Å². The normalized spacial score (nSPS) is 11.6. The number of nitro groups is 1. The van der Waals surface area contributed by atoms with Gasteiger partial charge in [0.25, 0.3) is 11.2 Å². The minimum atomic E-state index is -1.07. The molecule has 9 heteroatoms. The van der Waals surface area contributed by atoms with Crippen LogP contribution in [0.2, 0.25) is 0 Å². The Morgan fingerprint density at radius 3 is 2.62 bits per heavy atom. The number of hydrogen-bond donors (Lipinski definition) is 1. The average Bonchev–Trinajstić information content (AvgIpc) is 2.79. The second kappa shape index (κ2) is 4.51. The maximum atomic E-state index is 14.0. The number of aromatic amines is 1. The van der Waals surface area contributed by atoms with Crippen molar-refractivity contribution in [2.75, 3.05) is 0 Å². The van der Waals surface area contributed by atoms with Crippen molar-refractivity contribution in [3.05, 3.63) is 62.4 Å². The maximum absolute atomic E-state index is 14.0. The lowest BCUT2D eigenvalue weighted by Gasteiger charge is -2.06. The minimum Gasteiger partial charge on any atom is -0.870 e. The number of hydrogen-bond acceptors (Lipinski definition) is 4. The summed E-state index contributed by atoms with van der Waals surface area (Å²) in [6, 6.07) is 4.89. The summed E-state index contributed by atoms with van der Waals surface area (Å²) in [4.78, 5) is 25.3. The van der Waals surface area contributed by atoms with Crippen LogP contribution in [0.1, 0.15) is 0 Å². The molecule has 0 aliphatic rings. The van der Waals surface area contributed by atoms with E-state index in [4.69, 9.17) is 0 Å². The molecule has 0 atom stereocenters. The predicted molar refractivity (Wildman–Crippen MR) is 79.0 cm³/mol. The van der Waals surface area contributed by atoms with E-state index in [2.05, 4.69) is 4.98 Å². The van der Waals surface area contributed by atoms with Gasteiger partial charge >= 0.3 is 0 Å². The largest absolute Gasteiger partial charge is 0.870 e. The molecule has 0 aliphatic carbocycles. The molecule has 0 fully saturated rings. The van der Waals surface area contributed by atoms with Crippen molar-refractivity contribution in [2.45, 2.75) is 0 Å². The van der Waals surface area contributed by atoms with Crippen LogP contribution in [-0.4, -0.2) is 14.3 Å². The van der Waals surface area contributed by atoms with Gasteiger partial charge in [-0.1, -0.05) is 5.75 Å². The molecule has 2 heterocycles. The number of fused-ring (bicyclic) bond motifs is 4. The molecule has 4 rings (SSSR count). The van der Waals surface area contributed by atoms with Gasteiger partial charge in [-0.25, -0.2) is 8.78 Å². The Labute approximate surface area is 130 Å². The van der Waals surface area contributed by atoms with Crippen LogP contribution in [0.15, 0.2) is 35.1 Å². The van der Waals surface area contributed by atoms with Gasteiger partial charge in [-0.3, -0.25) is 19.3 Å². The van der Waals surface area contributed by atoms with Gasteiger partial charge < -0.3 is 10.1 Å². The molecule has 0 unspecified atom stereocenters. The molecule has 0 amide bonds. The Kier molecular flexibility index (Phi) is 2.65. The third-order valence-electron chi connectivity index (χ3n) is 3.84. The van der Waals surface area contributed by atoms with Crippen LogP contribution in [0.4, 0.5) is 14.5 Å². The molecule has 2 aromatic carbocycles. The number of rotatable bonds is 1. The maximum Gasteiger partial charge on any atom is 0.270 e. The lowest BCUT2D eigenvalue weighted by atomic mass is 10.2. The molecule has 24 heavy (non-hydrogen) atoms. The highest BCUT2D eigenvalue weighted by atomic mass is 19.1. The zero-order valence-electron chi connectivity index (χ0n) is 11.7. The number of halogens is 2. The Hall–Kier alpha value is -3.49. The zero-order chi connectivity index (χ0) is 17.2. The van der Waals surface area contributed by atoms with Crippen LogP contribution in [0.25, 0.3) is 27.5 Å². The molecule has 0 aliphatic heterocycles. The van der Waals surface area contributed by atoms with E-state index in [-0.39, 0.29) is 27.8 Å². The molecule has 1 N–H and O–H groups in total. The number of benzene rings is 2. The van der Waals surface area contributed by atoms with Crippen molar-refractivity contribution in [1.82, 2.24) is 9.38 Å². The van der Waals surface area contributed by atoms with E-state index < -0.39 is 33.3 Å². The number of nitrogens with one attached hydrogen (secondary N) is 1. The van der Waals surface area contributed by atoms with E-state index in [0.29, 0.717) is 6.07 Å². The third-order valence-corrected chi connectivity index (χ3v) is 3.84. The van der Waals surface area contributed by atoms with Crippen LogP contribution < -0.4 is 10.7 Å². The molecule has 0 spiro atoms. The van der Waals surface area contributed by atoms with Crippen LogP contribution in [0, 0.1) is 21.7 Å². The Morgan fingerprint density at radius 1 is 1.17 bits per heavy atom. The highest BCUT2D eigenvalue weighted by Crippen LogP contribution is 2.32. The summed E-state index contributed by atoms with van der Waals surface area (Å²) < 4.78 is 28.3. The quantitative estimate of drug-likeness (QED) is 0.427. The third kappa shape index (κ3) is 1.72. The van der Waals surface area contributed by atoms with Gasteiger partial charge in [0.1, 0.15) is 17.3 Å². The van der Waals surface area contributed by atoms with Gasteiger partial charge in [-0.05, 0) is 12.1 Å². The zero-order valence-corrected chi connectivity index (χ0v) is 11.7. The molecule has 0 saturated carbocycles. The first-order valence-corrected chi connectivity index (χ1v) is 6.69. The van der Waals surface area contributed by atoms with E-state index >= 15 is 0 Å². The highest BCUT2D eigenvalue weighted by Gasteiger charge is 2.17. The standard InChI is InChI=1S/C15H7F2N3O4/c16-6-3-9(17)12-10(4-6)18-14-13(21)8-5-7(20(23)24)1-2-11(8)19(14)15(12)22/h1-5,18,21H/p-1. The van der Waals surface area contributed by atoms with Gasteiger partial charge in [0.15, 0.2) is 0 Å². The van der Waals surface area contributed by atoms with Crippen LogP contribution >= 0.6 is 0 Å². The number of non-ortho nitro benzene ring substituents is 1. The van der Waals surface area contributed by atoms with E-state index in [1.165, 1.54) is 6.07 Å². The Balaban J connectivity index is 2.28. The lowest BCUT2D eigenvalue weighted by molar-refractivity contribution is -0.384. The number of nitro benzene ring substituents is 1. The average molecular weight is 330 g/mol. The van der Waals surface area contributed by atoms with Gasteiger partial charge in [0.05, 0.1) is 21.3 Å². The fourth-order valence-electron chi connectivity index (χ4n) is 2.82. The first-order valence-electron chi connectivity index (χ1n) is 6.69. The number of aromatic nitrogens is 2. The van der Waals surface area contributed by atoms with Crippen LogP contribution in [0.5, 0.6) is 5.75 Å². The summed E-state index contributed by atoms with van der Waals surface area (Å²) in [6.45, 7) is 0. The number of H-pyrrole nitrogens is 1. The second-order valence-corrected chi connectivity index (χ2v) is 5.21. The monoisotopic (exact) mass is 330 g/mol. The molecule has 0 saturated heterocycles. The SMILES string of the molecule is O=c1c2c(F)cc(F)cc2[nH]c2c([O-])c3cc([N+](=O)[O-])ccc3n12. The minimum absolute atomic E-state index is 0.0614. The summed E-state index contributed by atoms with van der Waals surface area (Å²) >= 11 is 0. The molecule has 0 bridgehead atoms. The second-order valence-electron chi connectivity index (χ2n) is 5.21. The van der Waals surface area contributed by atoms with Crippen molar-refractivity contribution in [3.63, 3.8) is 0 Å². The first-order chi connectivity index (χ1) is 11.4. The molecule has 0 radical (unpaired) electrons. The van der Waals surface area contributed by atoms with E-state index in [1.807, 2.05) is 0 Å². The highest BCUT2D eigenvalue weighted by molar-refractivity contribution is 5.97. The van der Waals surface area contributed by atoms with Crippen molar-refractivity contribution >= 4 is 33.1 Å². The van der Waals surface area contributed by atoms with E-state index in [0.717, 1.165) is 22.6 Å². The summed E-state index contributed by atoms with van der Waals surface area (Å²) in [5.41, 5.74) is -1.44. The summed E-state index contributed by atoms with van der Waals surface area (Å²) in [6.07, 6.45) is 0. The smallest absolute Gasteiger partial charge is 0.270 e. The molecular formula is C15H6F2N3O4-. The Morgan fingerprint density at radius 2 is 1.92 bits per heavy atom. The first kappa shape index (κ1) is 14.1. The molecule has 4 aromatic rings. The topological polar surface area (TPSA) is 103 Å². The fraction of sp³-hybridized carbons (Fsp3) is 0. The van der Waals surface area contributed by atoms with Crippen LogP contribution in [-0.2, 0) is 0 Å². The van der Waals surface area contributed by atoms with E-state index in [1.54, 1.807) is 0 Å². The van der Waals surface area contributed by atoms with Crippen molar-refractivity contribution in [3.8, 4) is 5.75 Å². The summed E-state index contributed by atoms with van der Waals surface area (Å²) in [5.74, 6) is -2.64. The molecule has 120 valence electrons. The fourth-order valence-corrected chi connectivity index (χ4v) is 2.82. The van der Waals surface area contributed by atoms with Crippen molar-refractivity contribution in [2.24, 2.45) is 0 Å². The number of nitrogens with zero attached hydrogens (tertiary/aromatic N) is 2. The Bertz CT molecular complexity index is 1240. The van der Waals surface area contributed by atoms with Crippen molar-refractivity contribution in [1.29, 1.82) is 0 Å². The lowest BCUT2D eigenvalue weighted by Crippen LogP contribution is -2.15. The summed E-state index contributed by atoms with van der Waals surface area (Å²) in [7, 11) is 0. The molecule has 2 aromatic heterocycles. The summed E-state index contributed by atoms with van der Waals surface area (Å²) in [5, 5.41) is 22.8. The predicted octanol–water partition coefficient (Wildman–Crippen LogP) is 2.19. The van der Waals surface area contributed by atoms with Gasteiger partial charge in [0, 0.05) is 23.6 Å². The van der Waals surface area contributed by atoms with Gasteiger partial charge in [-0.15, -0.1) is 0 Å². The molecular weight excluding hydrogens is 324 g/mol. The van der Waals surface area contributed by atoms with E-state index in [9.17, 15) is 28.8 Å². The van der Waals surface area contributed by atoms with Gasteiger partial charge in [-0.2, -0.15) is 0 Å². The van der Waals surface area contributed by atoms with Gasteiger partial charge in [0.2, 0.25) is 0 Å².